The molecule has 1 saturated carbocycles. The number of rotatable bonds is 6. The molecule has 0 aromatic carbocycles. The van der Waals surface area contributed by atoms with Crippen molar-refractivity contribution < 1.29 is 22.0 Å². The second-order valence-electron chi connectivity index (χ2n) is 8.09. The number of amides is 1. The summed E-state index contributed by atoms with van der Waals surface area (Å²) in [6.45, 7) is 5.15. The fourth-order valence-electron chi connectivity index (χ4n) is 3.98. The molecule has 0 aromatic rings. The van der Waals surface area contributed by atoms with Gasteiger partial charge in [-0.15, -0.1) is 0 Å². The molecule has 2 fully saturated rings. The summed E-state index contributed by atoms with van der Waals surface area (Å²) in [7, 11) is -4.47. The topological polar surface area (TPSA) is 66.5 Å². The van der Waals surface area contributed by atoms with E-state index in [1.165, 1.54) is 12.8 Å². The molecule has 5 nitrogen and oxygen atoms in total. The largest absolute Gasteiger partial charge is 0.356 e. The molecule has 2 rings (SSSR count). The lowest BCUT2D eigenvalue weighted by molar-refractivity contribution is -0.123. The van der Waals surface area contributed by atoms with Crippen LogP contribution >= 0.6 is 0 Å². The summed E-state index contributed by atoms with van der Waals surface area (Å²) >= 11 is 0. The first-order valence-electron chi connectivity index (χ1n) is 9.17. The predicted molar refractivity (Wildman–Crippen MR) is 92.6 cm³/mol. The lowest BCUT2D eigenvalue weighted by Gasteiger charge is -2.38. The second kappa shape index (κ2) is 8.29. The van der Waals surface area contributed by atoms with E-state index in [1.807, 2.05) is 0 Å². The third-order valence-corrected chi connectivity index (χ3v) is 7.44. The van der Waals surface area contributed by atoms with Crippen LogP contribution in [0.25, 0.3) is 0 Å². The molecule has 0 radical (unpaired) electrons. The first-order valence-corrected chi connectivity index (χ1v) is 10.7. The Kier molecular flexibility index (Phi) is 6.81. The van der Waals surface area contributed by atoms with Crippen molar-refractivity contribution in [2.75, 3.05) is 19.6 Å². The molecule has 1 aliphatic heterocycles. The molecule has 0 aromatic heterocycles. The molecule has 1 amide bonds. The second-order valence-corrected chi connectivity index (χ2v) is 9.99. The lowest BCUT2D eigenvalue weighted by Crippen LogP contribution is -2.43. The van der Waals surface area contributed by atoms with Gasteiger partial charge in [0, 0.05) is 26.1 Å². The molecule has 1 saturated heterocycles. The number of sulfonamides is 1. The van der Waals surface area contributed by atoms with Gasteiger partial charge in [-0.2, -0.15) is 13.1 Å². The van der Waals surface area contributed by atoms with Gasteiger partial charge in [0.25, 0.3) is 10.0 Å². The first kappa shape index (κ1) is 20.6. The Labute approximate surface area is 149 Å². The Bertz CT molecular complexity index is 558. The molecule has 146 valence electrons. The van der Waals surface area contributed by atoms with Crippen LogP contribution in [0.15, 0.2) is 0 Å². The third-order valence-electron chi connectivity index (χ3n) is 5.91. The van der Waals surface area contributed by atoms with Gasteiger partial charge >= 0.3 is 5.76 Å². The fourth-order valence-corrected chi connectivity index (χ4v) is 4.92. The van der Waals surface area contributed by atoms with Gasteiger partial charge in [0.15, 0.2) is 0 Å². The van der Waals surface area contributed by atoms with E-state index < -0.39 is 15.8 Å². The minimum atomic E-state index is -4.47. The number of piperidine rings is 1. The average molecular weight is 381 g/mol. The highest BCUT2D eigenvalue weighted by Gasteiger charge is 2.35. The maximum absolute atomic E-state index is 12.5. The van der Waals surface area contributed by atoms with Crippen molar-refractivity contribution >= 4 is 15.9 Å². The van der Waals surface area contributed by atoms with E-state index in [-0.39, 0.29) is 30.3 Å². The van der Waals surface area contributed by atoms with E-state index in [2.05, 4.69) is 19.2 Å². The minimum absolute atomic E-state index is 0.0441. The zero-order valence-corrected chi connectivity index (χ0v) is 16.0. The Hall–Kier alpha value is -0.760. The summed E-state index contributed by atoms with van der Waals surface area (Å²) in [4.78, 5) is 12.2. The van der Waals surface area contributed by atoms with Crippen molar-refractivity contribution in [2.24, 2.45) is 17.3 Å². The lowest BCUT2D eigenvalue weighted by atomic mass is 9.67. The molecule has 1 atom stereocenters. The third kappa shape index (κ3) is 5.36. The summed E-state index contributed by atoms with van der Waals surface area (Å²) in [5, 5.41) is 2.96. The highest BCUT2D eigenvalue weighted by atomic mass is 32.2. The van der Waals surface area contributed by atoms with Crippen molar-refractivity contribution in [3.05, 3.63) is 0 Å². The summed E-state index contributed by atoms with van der Waals surface area (Å²) < 4.78 is 48.8. The van der Waals surface area contributed by atoms with Crippen LogP contribution in [0.4, 0.5) is 8.78 Å². The van der Waals surface area contributed by atoms with E-state index in [9.17, 15) is 22.0 Å². The maximum Gasteiger partial charge on any atom is 0.350 e. The Morgan fingerprint density at radius 3 is 2.40 bits per heavy atom. The van der Waals surface area contributed by atoms with Gasteiger partial charge in [-0.1, -0.05) is 26.7 Å². The minimum Gasteiger partial charge on any atom is -0.356 e. The van der Waals surface area contributed by atoms with Gasteiger partial charge in [-0.3, -0.25) is 4.79 Å². The number of halogens is 2. The Morgan fingerprint density at radius 1 is 1.20 bits per heavy atom. The van der Waals surface area contributed by atoms with Crippen molar-refractivity contribution in [3.63, 3.8) is 0 Å². The summed E-state index contributed by atoms with van der Waals surface area (Å²) in [5.74, 6) is -2.77. The molecule has 1 aliphatic carbocycles. The standard InChI is InChI=1S/C17H30F2N2O3S/c1-17(2)8-4-3-5-14(17)11-15(22)20-12-13-6-9-21(10-7-13)25(23,24)16(18)19/h13-14,16H,3-12H2,1-2H3,(H,20,22)/t14-/m0/s1. The number of carbonyl (C=O) groups excluding carboxylic acids is 1. The average Bonchev–Trinajstić information content (AvgIpc) is 2.55. The summed E-state index contributed by atoms with van der Waals surface area (Å²) in [5.41, 5.74) is 0.199. The quantitative estimate of drug-likeness (QED) is 0.770. The van der Waals surface area contributed by atoms with E-state index in [0.29, 0.717) is 31.7 Å². The maximum atomic E-state index is 12.5. The van der Waals surface area contributed by atoms with Crippen molar-refractivity contribution in [3.8, 4) is 0 Å². The van der Waals surface area contributed by atoms with Crippen molar-refractivity contribution in [1.82, 2.24) is 9.62 Å². The number of alkyl halides is 2. The monoisotopic (exact) mass is 380 g/mol. The molecular formula is C17H30F2N2O3S. The molecule has 0 unspecified atom stereocenters. The number of hydrogen-bond donors (Lipinski definition) is 1. The van der Waals surface area contributed by atoms with Crippen molar-refractivity contribution in [2.45, 2.75) is 64.6 Å². The number of hydrogen-bond acceptors (Lipinski definition) is 3. The Morgan fingerprint density at radius 2 is 1.84 bits per heavy atom. The molecule has 0 bridgehead atoms. The van der Waals surface area contributed by atoms with E-state index in [1.54, 1.807) is 0 Å². The molecule has 25 heavy (non-hydrogen) atoms. The zero-order chi connectivity index (χ0) is 18.7. The van der Waals surface area contributed by atoms with Crippen molar-refractivity contribution in [1.29, 1.82) is 0 Å². The van der Waals surface area contributed by atoms with Crippen LogP contribution in [0.3, 0.4) is 0 Å². The Balaban J connectivity index is 1.73. The zero-order valence-electron chi connectivity index (χ0n) is 15.1. The predicted octanol–water partition coefficient (Wildman–Crippen LogP) is 2.97. The van der Waals surface area contributed by atoms with Gasteiger partial charge in [-0.25, -0.2) is 8.42 Å². The van der Waals surface area contributed by atoms with E-state index in [0.717, 1.165) is 17.1 Å². The SMILES string of the molecule is CC1(C)CCCC[C@H]1CC(=O)NCC1CCN(S(=O)(=O)C(F)F)CC1. The van der Waals surface area contributed by atoms with Crippen LogP contribution < -0.4 is 5.32 Å². The van der Waals surface area contributed by atoms with Crippen LogP contribution in [-0.4, -0.2) is 44.0 Å². The van der Waals surface area contributed by atoms with Gasteiger partial charge < -0.3 is 5.32 Å². The van der Waals surface area contributed by atoms with Gasteiger partial charge in [-0.05, 0) is 42.9 Å². The number of carbonyl (C=O) groups is 1. The summed E-state index contributed by atoms with van der Waals surface area (Å²) in [6, 6.07) is 0. The smallest absolute Gasteiger partial charge is 0.350 e. The normalized spacial score (nSPS) is 25.9. The molecule has 1 heterocycles. The molecule has 8 heteroatoms. The fraction of sp³-hybridized carbons (Fsp3) is 0.941. The van der Waals surface area contributed by atoms with Gasteiger partial charge in [0.1, 0.15) is 0 Å². The van der Waals surface area contributed by atoms with Crippen LogP contribution in [0, 0.1) is 17.3 Å². The van der Waals surface area contributed by atoms with E-state index >= 15 is 0 Å². The van der Waals surface area contributed by atoms with Crippen LogP contribution in [0.2, 0.25) is 0 Å². The highest BCUT2D eigenvalue weighted by Crippen LogP contribution is 2.42. The molecular weight excluding hydrogens is 350 g/mol. The first-order chi connectivity index (χ1) is 11.6. The van der Waals surface area contributed by atoms with Gasteiger partial charge in [0.05, 0.1) is 0 Å². The van der Waals surface area contributed by atoms with Crippen LogP contribution in [0.1, 0.15) is 58.8 Å². The van der Waals surface area contributed by atoms with Crippen LogP contribution in [0.5, 0.6) is 0 Å². The summed E-state index contributed by atoms with van der Waals surface area (Å²) in [6.07, 6.45) is 6.18. The van der Waals surface area contributed by atoms with Gasteiger partial charge in [0.2, 0.25) is 5.91 Å². The molecule has 2 aliphatic rings. The number of nitrogens with zero attached hydrogens (tertiary/aromatic N) is 1. The highest BCUT2D eigenvalue weighted by molar-refractivity contribution is 7.89. The number of nitrogens with one attached hydrogen (secondary N) is 1. The molecule has 0 spiro atoms. The van der Waals surface area contributed by atoms with E-state index in [4.69, 9.17) is 0 Å². The molecule has 1 N–H and O–H groups in total. The van der Waals surface area contributed by atoms with Crippen LogP contribution in [-0.2, 0) is 14.8 Å².